The standard InChI is InChI=1S/C55H79IN12O25/c1-2-21(20-6-4-3-5-7-20)32-48(86)62-23(11-19-8-9-27(22(56)10-19)90-52-44(83)41(80)45(30(18-72)92-52)93-53-43(82)40(79)38(77)29(17-71)91-53)47(85)66-33(35(74)24-12-60-54(57)64-24)50(88)67-34(49(87)63-25(15-69)46(84)59-14-31(73)65-32)36(75)26-13-61-55(58)68(26)51-42(81)39(78)37(76)28(16-70)89-51/h3-10,21,23-26,28-30,32-45,51-53,69-72,74-83H,2,11-18H2,1H3,(H2,58,61)(H,59,84)(H,62,86)(H,63,87)(H,65,73)(H,66,85)(H,67,88)(H3,57,60,64). The van der Waals surface area contributed by atoms with E-state index in [4.69, 9.17) is 35.2 Å². The van der Waals surface area contributed by atoms with E-state index in [9.17, 15) is 85.9 Å². The van der Waals surface area contributed by atoms with Crippen LogP contribution in [0.5, 0.6) is 5.75 Å². The lowest BCUT2D eigenvalue weighted by Crippen LogP contribution is -2.70. The van der Waals surface area contributed by atoms with Crippen LogP contribution in [0.1, 0.15) is 30.4 Å². The molecule has 6 amide bonds. The van der Waals surface area contributed by atoms with E-state index in [1.54, 1.807) is 37.3 Å². The number of carbonyl (C=O) groups is 6. The van der Waals surface area contributed by atoms with Gasteiger partial charge in [-0.25, -0.2) is 0 Å². The largest absolute Gasteiger partial charge is 0.461 e. The van der Waals surface area contributed by atoms with Crippen LogP contribution in [0.2, 0.25) is 0 Å². The van der Waals surface area contributed by atoms with Crippen molar-refractivity contribution in [1.29, 1.82) is 0 Å². The van der Waals surface area contributed by atoms with Crippen LogP contribution < -0.4 is 53.4 Å². The van der Waals surface area contributed by atoms with E-state index in [0.29, 0.717) is 5.56 Å². The predicted octanol–water partition coefficient (Wildman–Crippen LogP) is -12.6. The van der Waals surface area contributed by atoms with Crippen LogP contribution in [0.3, 0.4) is 0 Å². The lowest BCUT2D eigenvalue weighted by Gasteiger charge is -2.46. The zero-order chi connectivity index (χ0) is 67.9. The molecule has 2 aromatic carbocycles. The molecule has 25 N–H and O–H groups in total. The van der Waals surface area contributed by atoms with Gasteiger partial charge in [0, 0.05) is 12.3 Å². The molecular formula is C55H79IN12O25. The lowest BCUT2D eigenvalue weighted by molar-refractivity contribution is -0.352. The minimum absolute atomic E-state index is 0.0398. The molecule has 0 aromatic heterocycles. The quantitative estimate of drug-likeness (QED) is 0.0616. The van der Waals surface area contributed by atoms with Gasteiger partial charge in [0.1, 0.15) is 121 Å². The van der Waals surface area contributed by atoms with E-state index in [1.807, 2.05) is 22.6 Å². The Morgan fingerprint density at radius 3 is 1.83 bits per heavy atom. The van der Waals surface area contributed by atoms with Gasteiger partial charge in [-0.2, -0.15) is 0 Å². The number of hydrogen-bond donors (Lipinski definition) is 23. The molecule has 6 aliphatic heterocycles. The molecule has 2 aromatic rings. The van der Waals surface area contributed by atoms with E-state index >= 15 is 14.4 Å². The number of halogens is 1. The van der Waals surface area contributed by atoms with Gasteiger partial charge in [-0.3, -0.25) is 38.8 Å². The van der Waals surface area contributed by atoms with Gasteiger partial charge in [-0.1, -0.05) is 43.3 Å². The van der Waals surface area contributed by atoms with Crippen molar-refractivity contribution in [3.8, 4) is 5.75 Å². The number of amides is 6. The average molecular weight is 1440 g/mol. The summed E-state index contributed by atoms with van der Waals surface area (Å²) in [5.74, 6) is -8.88. The fourth-order valence-corrected chi connectivity index (χ4v) is 12.3. The number of nitrogens with two attached hydrogens (primary N) is 2. The van der Waals surface area contributed by atoms with Gasteiger partial charge in [0.15, 0.2) is 24.4 Å². The Balaban J connectivity index is 1.13. The molecule has 0 bridgehead atoms. The van der Waals surface area contributed by atoms with Crippen molar-refractivity contribution in [3.05, 3.63) is 63.2 Å². The summed E-state index contributed by atoms with van der Waals surface area (Å²) in [5, 5.41) is 168. The summed E-state index contributed by atoms with van der Waals surface area (Å²) in [5.41, 5.74) is 12.9. The second kappa shape index (κ2) is 31.9. The fraction of sp³-hybridized carbons (Fsp3) is 0.636. The van der Waals surface area contributed by atoms with Crippen molar-refractivity contribution < 1.29 is 124 Å². The first-order valence-electron chi connectivity index (χ1n) is 29.5. The summed E-state index contributed by atoms with van der Waals surface area (Å²) in [6, 6.07) is -0.252. The highest BCUT2D eigenvalue weighted by atomic mass is 127. The van der Waals surface area contributed by atoms with Gasteiger partial charge in [0.25, 0.3) is 0 Å². The minimum atomic E-state index is -2.35. The zero-order valence-electron chi connectivity index (χ0n) is 49.5. The first kappa shape index (κ1) is 72.4. The highest BCUT2D eigenvalue weighted by molar-refractivity contribution is 14.1. The van der Waals surface area contributed by atoms with E-state index in [1.165, 1.54) is 18.2 Å². The average Bonchev–Trinajstić information content (AvgIpc) is 1.80. The highest BCUT2D eigenvalue weighted by Gasteiger charge is 2.54. The predicted molar refractivity (Wildman–Crippen MR) is 320 cm³/mol. The number of carbonyl (C=O) groups excluding carboxylic acids is 6. The first-order chi connectivity index (χ1) is 44.2. The van der Waals surface area contributed by atoms with Gasteiger partial charge in [-0.15, -0.1) is 0 Å². The maximum Gasteiger partial charge on any atom is 0.246 e. The van der Waals surface area contributed by atoms with Gasteiger partial charge in [0.2, 0.25) is 41.7 Å². The summed E-state index contributed by atoms with van der Waals surface area (Å²) in [6.07, 6.45) is -31.6. The maximum atomic E-state index is 15.2. The van der Waals surface area contributed by atoms with Crippen molar-refractivity contribution in [3.63, 3.8) is 0 Å². The molecule has 0 saturated carbocycles. The molecule has 0 radical (unpaired) electrons. The minimum Gasteiger partial charge on any atom is -0.461 e. The maximum absolute atomic E-state index is 15.2. The third kappa shape index (κ3) is 16.3. The molecule has 25 atom stereocenters. The van der Waals surface area contributed by atoms with E-state index in [-0.39, 0.29) is 33.8 Å². The smallest absolute Gasteiger partial charge is 0.246 e. The molecule has 8 rings (SSSR count). The number of ether oxygens (including phenoxy) is 5. The van der Waals surface area contributed by atoms with Gasteiger partial charge < -0.3 is 149 Å². The summed E-state index contributed by atoms with van der Waals surface area (Å²) >= 11 is 1.81. The number of benzene rings is 2. The van der Waals surface area contributed by atoms with Crippen molar-refractivity contribution in [1.82, 2.24) is 42.1 Å². The van der Waals surface area contributed by atoms with E-state index < -0.39 is 240 Å². The number of nitrogens with zero attached hydrogens (tertiary/aromatic N) is 3. The van der Waals surface area contributed by atoms with Crippen LogP contribution in [0.4, 0.5) is 0 Å². The number of nitrogens with one attached hydrogen (secondary N) is 7. The molecule has 25 unspecified atom stereocenters. The van der Waals surface area contributed by atoms with Gasteiger partial charge in [0.05, 0.1) is 61.7 Å². The van der Waals surface area contributed by atoms with Crippen LogP contribution in [0, 0.1) is 3.57 Å². The lowest BCUT2D eigenvalue weighted by atomic mass is 9.88. The summed E-state index contributed by atoms with van der Waals surface area (Å²) in [6.45, 7) is -3.84. The Morgan fingerprint density at radius 1 is 0.613 bits per heavy atom. The molecular weight excluding hydrogens is 1360 g/mol. The molecule has 6 aliphatic rings. The van der Waals surface area contributed by atoms with Crippen molar-refractivity contribution >= 4 is 70.0 Å². The molecule has 4 fully saturated rings. The SMILES string of the molecule is CCC(c1ccccc1)C1NC(=O)CNC(=O)C(CO)NC(=O)C(C(O)C2CN=C(N)N2C2OC(CO)C(O)C(O)C2O)NC(=O)C(C(O)C2CN=C(N)N2)NC(=O)C(Cc2ccc(OC3OC(CO)C(OC4OC(CO)C(O)C(O)C4O)C(O)C3O)c(I)c2)NC1=O. The van der Waals surface area contributed by atoms with Gasteiger partial charge >= 0.3 is 0 Å². The number of aliphatic hydroxyl groups is 14. The summed E-state index contributed by atoms with van der Waals surface area (Å²) in [4.78, 5) is 96.8. The van der Waals surface area contributed by atoms with E-state index in [0.717, 1.165) is 4.90 Å². The third-order valence-electron chi connectivity index (χ3n) is 16.8. The Morgan fingerprint density at radius 2 is 1.20 bits per heavy atom. The second-order valence-corrected chi connectivity index (χ2v) is 24.1. The molecule has 0 spiro atoms. The molecule has 38 heteroatoms. The van der Waals surface area contributed by atoms with Crippen LogP contribution in [-0.2, 0) is 54.1 Å². The van der Waals surface area contributed by atoms with Crippen LogP contribution >= 0.6 is 22.6 Å². The van der Waals surface area contributed by atoms with Gasteiger partial charge in [-0.05, 0) is 52.3 Å². The number of rotatable bonds is 18. The Labute approximate surface area is 542 Å². The second-order valence-electron chi connectivity index (χ2n) is 22.9. The van der Waals surface area contributed by atoms with Crippen LogP contribution in [0.25, 0.3) is 0 Å². The van der Waals surface area contributed by atoms with Crippen molar-refractivity contribution in [2.75, 3.05) is 46.1 Å². The summed E-state index contributed by atoms with van der Waals surface area (Å²) in [7, 11) is 0. The van der Waals surface area contributed by atoms with Crippen LogP contribution in [0.15, 0.2) is 58.5 Å². The Bertz CT molecular complexity index is 3000. The number of hydrogen-bond acceptors (Lipinski definition) is 31. The number of guanidine groups is 2. The molecule has 516 valence electrons. The number of aliphatic imine (C=N–C) groups is 2. The molecule has 6 heterocycles. The van der Waals surface area contributed by atoms with Crippen molar-refractivity contribution in [2.24, 2.45) is 21.5 Å². The monoisotopic (exact) mass is 1430 g/mol. The summed E-state index contributed by atoms with van der Waals surface area (Å²) < 4.78 is 28.8. The fourth-order valence-electron chi connectivity index (χ4n) is 11.6. The zero-order valence-corrected chi connectivity index (χ0v) is 51.7. The Hall–Kier alpha value is -6.39. The molecule has 37 nitrogen and oxygen atoms in total. The number of aliphatic hydroxyl groups excluding tert-OH is 14. The third-order valence-corrected chi connectivity index (χ3v) is 17.7. The first-order valence-corrected chi connectivity index (χ1v) is 30.6. The highest BCUT2D eigenvalue weighted by Crippen LogP contribution is 2.34. The Kier molecular flexibility index (Phi) is 24.8. The normalized spacial score (nSPS) is 37.0. The van der Waals surface area contributed by atoms with Crippen LogP contribution in [-0.4, -0.2) is 316 Å². The van der Waals surface area contributed by atoms with E-state index in [2.05, 4.69) is 47.2 Å². The molecule has 4 saturated heterocycles. The molecule has 93 heavy (non-hydrogen) atoms. The molecule has 0 aliphatic carbocycles. The topological polar surface area (TPSA) is 596 Å². The van der Waals surface area contributed by atoms with Crippen molar-refractivity contribution in [2.45, 2.75) is 172 Å².